The highest BCUT2D eigenvalue weighted by Crippen LogP contribution is 2.18. The van der Waals surface area contributed by atoms with Crippen molar-refractivity contribution >= 4 is 47.1 Å². The average Bonchev–Trinajstić information content (AvgIpc) is 2.97. The minimum absolute atomic E-state index is 0.00180. The van der Waals surface area contributed by atoms with Gasteiger partial charge in [-0.05, 0) is 60.4 Å². The highest BCUT2D eigenvalue weighted by atomic mass is 16.4. The van der Waals surface area contributed by atoms with Crippen molar-refractivity contribution in [3.63, 3.8) is 0 Å². The maximum atomic E-state index is 13.1. The van der Waals surface area contributed by atoms with E-state index in [2.05, 4.69) is 26.6 Å². The van der Waals surface area contributed by atoms with E-state index in [0.29, 0.717) is 16.9 Å². The number of carboxylic acids is 2. The summed E-state index contributed by atoms with van der Waals surface area (Å²) in [6.07, 6.45) is 3.01. The van der Waals surface area contributed by atoms with E-state index >= 15 is 0 Å². The van der Waals surface area contributed by atoms with Crippen LogP contribution >= 0.6 is 0 Å². The maximum absolute atomic E-state index is 13.1. The number of urea groups is 1. The molecule has 0 aliphatic heterocycles. The molecule has 0 saturated carbocycles. The van der Waals surface area contributed by atoms with E-state index in [1.807, 2.05) is 40.7 Å². The van der Waals surface area contributed by atoms with E-state index in [1.54, 1.807) is 48.5 Å². The Morgan fingerprint density at radius 3 is 1.69 bits per heavy atom. The fourth-order valence-corrected chi connectivity index (χ4v) is 4.56. The number of para-hydroxylation sites is 1. The van der Waals surface area contributed by atoms with E-state index in [1.165, 1.54) is 12.2 Å². The lowest BCUT2D eigenvalue weighted by atomic mass is 9.92. The first-order valence-corrected chi connectivity index (χ1v) is 15.7. The van der Waals surface area contributed by atoms with Crippen molar-refractivity contribution < 1.29 is 39.0 Å². The lowest BCUT2D eigenvalue weighted by Crippen LogP contribution is -2.52. The zero-order valence-corrected chi connectivity index (χ0v) is 28.0. The quantitative estimate of drug-likeness (QED) is 0.121. The first kappa shape index (κ1) is 39.0. The summed E-state index contributed by atoms with van der Waals surface area (Å²) in [5.41, 5.74) is 1.46. The maximum Gasteiger partial charge on any atom is 0.326 e. The van der Waals surface area contributed by atoms with Crippen LogP contribution in [0, 0.1) is 11.3 Å². The van der Waals surface area contributed by atoms with Crippen molar-refractivity contribution in [1.29, 1.82) is 0 Å². The third-order valence-corrected chi connectivity index (χ3v) is 6.82. The molecule has 2 aromatic carbocycles. The van der Waals surface area contributed by atoms with Crippen molar-refractivity contribution in [3.05, 3.63) is 72.3 Å². The Morgan fingerprint density at radius 1 is 0.688 bits per heavy atom. The Hall–Kier alpha value is -5.20. The molecule has 13 heteroatoms. The second-order valence-corrected chi connectivity index (χ2v) is 13.1. The summed E-state index contributed by atoms with van der Waals surface area (Å²) < 4.78 is 0. The minimum atomic E-state index is -1.33. The summed E-state index contributed by atoms with van der Waals surface area (Å²) in [6, 6.07) is 11.6. The molecule has 3 atom stereocenters. The third-order valence-electron chi connectivity index (χ3n) is 6.82. The summed E-state index contributed by atoms with van der Waals surface area (Å²) >= 11 is 0. The number of anilines is 2. The molecule has 0 aromatic heterocycles. The molecule has 0 aliphatic carbocycles. The topological polar surface area (TPSA) is 203 Å². The van der Waals surface area contributed by atoms with Crippen molar-refractivity contribution in [2.24, 2.45) is 11.3 Å². The highest BCUT2D eigenvalue weighted by Gasteiger charge is 2.27. The summed E-state index contributed by atoms with van der Waals surface area (Å²) in [4.78, 5) is 74.0. The van der Waals surface area contributed by atoms with Gasteiger partial charge in [-0.2, -0.15) is 0 Å². The Balaban J connectivity index is 1.95. The molecule has 0 aliphatic rings. The Labute approximate surface area is 280 Å². The van der Waals surface area contributed by atoms with Crippen LogP contribution in [-0.4, -0.2) is 64.0 Å². The second kappa shape index (κ2) is 18.8. The van der Waals surface area contributed by atoms with E-state index in [-0.39, 0.29) is 43.4 Å². The Morgan fingerprint density at radius 2 is 1.19 bits per heavy atom. The van der Waals surface area contributed by atoms with Gasteiger partial charge in [-0.25, -0.2) is 14.4 Å². The molecule has 0 radical (unpaired) electrons. The molecule has 48 heavy (non-hydrogen) atoms. The van der Waals surface area contributed by atoms with Gasteiger partial charge in [-0.15, -0.1) is 0 Å². The van der Waals surface area contributed by atoms with Crippen LogP contribution < -0.4 is 26.6 Å². The number of nitrogens with one attached hydrogen (secondary N) is 5. The lowest BCUT2D eigenvalue weighted by Gasteiger charge is -2.22. The number of carbonyl (C=O) groups excluding carboxylic acids is 4. The monoisotopic (exact) mass is 665 g/mol. The average molecular weight is 666 g/mol. The first-order chi connectivity index (χ1) is 22.5. The predicted molar refractivity (Wildman–Crippen MR) is 182 cm³/mol. The Bertz CT molecular complexity index is 1440. The smallest absolute Gasteiger partial charge is 0.326 e. The van der Waals surface area contributed by atoms with Crippen molar-refractivity contribution in [3.8, 4) is 0 Å². The largest absolute Gasteiger partial charge is 0.480 e. The van der Waals surface area contributed by atoms with Gasteiger partial charge in [0.1, 0.15) is 18.1 Å². The standard InChI is InChI=1S/C35H47N5O8/c1-22(2)19-28(39-29(41)20-23-15-17-25(18-16-23)37-34(48)36-24-11-7-6-8-12-24)31(43)40-27(33(46)47)14-10-9-13-26(32(44)45)38-30(42)21-35(3,4)5/h6-12,15-18,22,26-28H,13-14,19-21H2,1-5H3,(H,38,42)(H,39,41)(H,40,43)(H,44,45)(H,46,47)(H2,36,37,48). The van der Waals surface area contributed by atoms with E-state index < -0.39 is 53.8 Å². The predicted octanol–water partition coefficient (Wildman–Crippen LogP) is 4.32. The van der Waals surface area contributed by atoms with Crippen molar-refractivity contribution in [1.82, 2.24) is 16.0 Å². The molecule has 260 valence electrons. The van der Waals surface area contributed by atoms with Gasteiger partial charge in [0.25, 0.3) is 0 Å². The molecule has 2 rings (SSSR count). The molecule has 0 bridgehead atoms. The molecule has 13 nitrogen and oxygen atoms in total. The molecule has 3 unspecified atom stereocenters. The minimum Gasteiger partial charge on any atom is -0.480 e. The lowest BCUT2D eigenvalue weighted by molar-refractivity contribution is -0.142. The molecule has 0 saturated heterocycles. The number of carboxylic acid groups (broad SMARTS) is 2. The van der Waals surface area contributed by atoms with Gasteiger partial charge < -0.3 is 36.8 Å². The summed E-state index contributed by atoms with van der Waals surface area (Å²) in [5.74, 6) is -4.05. The van der Waals surface area contributed by atoms with Crippen molar-refractivity contribution in [2.75, 3.05) is 10.6 Å². The third kappa shape index (κ3) is 15.4. The molecular weight excluding hydrogens is 618 g/mol. The van der Waals surface area contributed by atoms with Gasteiger partial charge in [-0.3, -0.25) is 14.4 Å². The van der Waals surface area contributed by atoms with E-state index in [0.717, 1.165) is 0 Å². The van der Waals surface area contributed by atoms with E-state index in [4.69, 9.17) is 0 Å². The number of carbonyl (C=O) groups is 6. The SMILES string of the molecule is CC(C)CC(NC(=O)Cc1ccc(NC(=O)Nc2ccccc2)cc1)C(=O)NC(CC=CCC(NC(=O)CC(C)(C)C)C(=O)O)C(=O)O. The summed E-state index contributed by atoms with van der Waals surface area (Å²) in [5, 5.41) is 32.2. The van der Waals surface area contributed by atoms with Gasteiger partial charge >= 0.3 is 18.0 Å². The van der Waals surface area contributed by atoms with Gasteiger partial charge in [0.05, 0.1) is 6.42 Å². The number of rotatable bonds is 17. The molecular formula is C35H47N5O8. The van der Waals surface area contributed by atoms with Crippen LogP contribution in [0.2, 0.25) is 0 Å². The zero-order chi connectivity index (χ0) is 35.9. The van der Waals surface area contributed by atoms with Crippen LogP contribution in [0.15, 0.2) is 66.7 Å². The summed E-state index contributed by atoms with van der Waals surface area (Å²) in [7, 11) is 0. The molecule has 0 heterocycles. The number of hydrogen-bond acceptors (Lipinski definition) is 6. The fourth-order valence-electron chi connectivity index (χ4n) is 4.56. The van der Waals surface area contributed by atoms with Gasteiger partial charge in [-0.1, -0.05) is 77.1 Å². The number of benzene rings is 2. The van der Waals surface area contributed by atoms with Crippen molar-refractivity contribution in [2.45, 2.75) is 84.8 Å². The van der Waals surface area contributed by atoms with Gasteiger partial charge in [0.15, 0.2) is 0 Å². The number of hydrogen-bond donors (Lipinski definition) is 7. The summed E-state index contributed by atoms with van der Waals surface area (Å²) in [6.45, 7) is 9.29. The molecule has 7 N–H and O–H groups in total. The first-order valence-electron chi connectivity index (χ1n) is 15.7. The fraction of sp³-hybridized carbons (Fsp3) is 0.429. The second-order valence-electron chi connectivity index (χ2n) is 13.1. The number of aliphatic carboxylic acids is 2. The number of amides is 5. The van der Waals surface area contributed by atoms with Crippen LogP contribution in [0.5, 0.6) is 0 Å². The van der Waals surface area contributed by atoms with Crippen LogP contribution in [-0.2, 0) is 30.4 Å². The van der Waals surface area contributed by atoms with Crippen LogP contribution in [0.4, 0.5) is 16.2 Å². The van der Waals surface area contributed by atoms with E-state index in [9.17, 15) is 39.0 Å². The zero-order valence-electron chi connectivity index (χ0n) is 28.0. The van der Waals surface area contributed by atoms with Crippen LogP contribution in [0.1, 0.15) is 65.9 Å². The molecule has 0 fully saturated rings. The molecule has 0 spiro atoms. The van der Waals surface area contributed by atoms with Crippen LogP contribution in [0.3, 0.4) is 0 Å². The van der Waals surface area contributed by atoms with Gasteiger partial charge in [0, 0.05) is 17.8 Å². The highest BCUT2D eigenvalue weighted by molar-refractivity contribution is 5.99. The van der Waals surface area contributed by atoms with Gasteiger partial charge in [0.2, 0.25) is 17.7 Å². The molecule has 2 aromatic rings. The Kier molecular flexibility index (Phi) is 15.3. The molecule has 5 amide bonds. The normalized spacial score (nSPS) is 13.2. The van der Waals surface area contributed by atoms with Crippen LogP contribution in [0.25, 0.3) is 0 Å².